The van der Waals surface area contributed by atoms with Crippen molar-refractivity contribution in [2.45, 2.75) is 11.4 Å². The van der Waals surface area contributed by atoms with Crippen LogP contribution in [0.15, 0.2) is 53.4 Å². The first kappa shape index (κ1) is 19.0. The van der Waals surface area contributed by atoms with Crippen molar-refractivity contribution in [2.75, 3.05) is 25.2 Å². The summed E-state index contributed by atoms with van der Waals surface area (Å²) in [6.45, 7) is 0.798. The van der Waals surface area contributed by atoms with E-state index in [1.54, 1.807) is 17.8 Å². The van der Waals surface area contributed by atoms with Crippen LogP contribution >= 0.6 is 11.8 Å². The predicted molar refractivity (Wildman–Crippen MR) is 97.2 cm³/mol. The molecule has 2 rings (SSSR count). The van der Waals surface area contributed by atoms with E-state index in [9.17, 15) is 14.0 Å². The lowest BCUT2D eigenvalue weighted by Gasteiger charge is -2.14. The van der Waals surface area contributed by atoms with E-state index < -0.39 is 17.8 Å². The van der Waals surface area contributed by atoms with Crippen LogP contribution in [0.25, 0.3) is 0 Å². The topological polar surface area (TPSA) is 62.6 Å². The van der Waals surface area contributed by atoms with Gasteiger partial charge in [0.25, 0.3) is 5.91 Å². The first-order chi connectivity index (χ1) is 12.0. The Labute approximate surface area is 150 Å². The lowest BCUT2D eigenvalue weighted by atomic mass is 10.2. The summed E-state index contributed by atoms with van der Waals surface area (Å²) in [5, 5.41) is 4.53. The van der Waals surface area contributed by atoms with E-state index in [0.717, 1.165) is 10.5 Å². The number of amides is 3. The summed E-state index contributed by atoms with van der Waals surface area (Å²) in [5.41, 5.74) is 1.14. The van der Waals surface area contributed by atoms with E-state index in [4.69, 9.17) is 0 Å². The number of para-hydroxylation sites is 1. The molecule has 2 aromatic carbocycles. The van der Waals surface area contributed by atoms with E-state index in [-0.39, 0.29) is 12.2 Å². The third-order valence-corrected chi connectivity index (χ3v) is 4.25. The predicted octanol–water partition coefficient (Wildman–Crippen LogP) is 1.91. The normalized spacial score (nSPS) is 11.6. The molecule has 3 N–H and O–H groups in total. The smallest absolute Gasteiger partial charge is 0.326 e. The standard InChI is InChI=1S/C18H20FN3O2S/c1-22(11-13-7-9-14(25-2)10-8-13)12-17(23)21-18(24)20-16-6-4-3-5-15(16)19/h3-10H,11-12H2,1-2H3,(H2,20,21,23,24)/p+1. The maximum atomic E-state index is 13.5. The van der Waals surface area contributed by atoms with Gasteiger partial charge in [0.1, 0.15) is 12.4 Å². The number of anilines is 1. The first-order valence-electron chi connectivity index (χ1n) is 7.77. The minimum atomic E-state index is -0.743. The molecule has 1 atom stereocenters. The Morgan fingerprint density at radius 1 is 1.12 bits per heavy atom. The highest BCUT2D eigenvalue weighted by molar-refractivity contribution is 7.98. The van der Waals surface area contributed by atoms with E-state index in [1.807, 2.05) is 37.6 Å². The molecule has 0 bridgehead atoms. The molecule has 0 fully saturated rings. The minimum Gasteiger partial charge on any atom is -0.326 e. The molecule has 0 aliphatic rings. The number of hydrogen-bond donors (Lipinski definition) is 3. The molecular formula is C18H21FN3O2S+. The summed E-state index contributed by atoms with van der Waals surface area (Å²) in [4.78, 5) is 25.8. The van der Waals surface area contributed by atoms with Gasteiger partial charge in [-0.1, -0.05) is 24.3 Å². The van der Waals surface area contributed by atoms with Crippen molar-refractivity contribution < 1.29 is 18.9 Å². The number of imide groups is 1. The van der Waals surface area contributed by atoms with Gasteiger partial charge in [0.15, 0.2) is 6.54 Å². The van der Waals surface area contributed by atoms with Crippen molar-refractivity contribution >= 4 is 29.4 Å². The van der Waals surface area contributed by atoms with Gasteiger partial charge in [0.05, 0.1) is 12.7 Å². The van der Waals surface area contributed by atoms with Gasteiger partial charge in [-0.05, 0) is 30.5 Å². The number of halogens is 1. The molecule has 7 heteroatoms. The Morgan fingerprint density at radius 2 is 1.80 bits per heavy atom. The molecule has 0 saturated carbocycles. The Morgan fingerprint density at radius 3 is 2.44 bits per heavy atom. The molecular weight excluding hydrogens is 341 g/mol. The fraction of sp³-hybridized carbons (Fsp3) is 0.222. The Bertz CT molecular complexity index is 737. The number of benzene rings is 2. The van der Waals surface area contributed by atoms with Crippen molar-refractivity contribution in [3.05, 3.63) is 59.9 Å². The molecule has 1 unspecified atom stereocenters. The summed E-state index contributed by atoms with van der Waals surface area (Å²) in [7, 11) is 1.87. The molecule has 0 aliphatic heterocycles. The van der Waals surface area contributed by atoms with Gasteiger partial charge in [-0.3, -0.25) is 10.1 Å². The lowest BCUT2D eigenvalue weighted by molar-refractivity contribution is -0.885. The first-order valence-corrected chi connectivity index (χ1v) is 9.00. The average Bonchev–Trinajstić information content (AvgIpc) is 2.57. The van der Waals surface area contributed by atoms with Gasteiger partial charge in [-0.2, -0.15) is 0 Å². The van der Waals surface area contributed by atoms with Crippen molar-refractivity contribution in [2.24, 2.45) is 0 Å². The number of rotatable bonds is 6. The molecule has 25 heavy (non-hydrogen) atoms. The van der Waals surface area contributed by atoms with Crippen LogP contribution in [-0.2, 0) is 11.3 Å². The second-order valence-corrected chi connectivity index (χ2v) is 6.52. The molecule has 0 saturated heterocycles. The van der Waals surface area contributed by atoms with Crippen LogP contribution in [0.5, 0.6) is 0 Å². The van der Waals surface area contributed by atoms with Gasteiger partial charge in [-0.15, -0.1) is 11.8 Å². The molecule has 0 spiro atoms. The summed E-state index contributed by atoms with van der Waals surface area (Å²) < 4.78 is 13.5. The number of quaternary nitrogens is 1. The quantitative estimate of drug-likeness (QED) is 0.688. The molecule has 3 amide bonds. The van der Waals surface area contributed by atoms with Crippen LogP contribution < -0.4 is 15.5 Å². The van der Waals surface area contributed by atoms with Gasteiger partial charge < -0.3 is 10.2 Å². The van der Waals surface area contributed by atoms with Gasteiger partial charge in [0.2, 0.25) is 0 Å². The largest absolute Gasteiger partial charge is 0.326 e. The Hall–Kier alpha value is -2.38. The average molecular weight is 362 g/mol. The van der Waals surface area contributed by atoms with Crippen molar-refractivity contribution in [3.63, 3.8) is 0 Å². The summed E-state index contributed by atoms with van der Waals surface area (Å²) in [6.07, 6.45) is 2.02. The van der Waals surface area contributed by atoms with Crippen LogP contribution in [0.4, 0.5) is 14.9 Å². The van der Waals surface area contributed by atoms with Gasteiger partial charge in [-0.25, -0.2) is 9.18 Å². The molecule has 132 valence electrons. The Balaban J connectivity index is 1.80. The van der Waals surface area contributed by atoms with Crippen LogP contribution in [0.1, 0.15) is 5.56 Å². The Kier molecular flexibility index (Phi) is 6.97. The summed E-state index contributed by atoms with van der Waals surface area (Å²) >= 11 is 1.67. The number of likely N-dealkylation sites (N-methyl/N-ethyl adjacent to an activating group) is 1. The number of carbonyl (C=O) groups is 2. The van der Waals surface area contributed by atoms with Crippen LogP contribution in [0.3, 0.4) is 0 Å². The maximum Gasteiger partial charge on any atom is 0.326 e. The maximum absolute atomic E-state index is 13.5. The summed E-state index contributed by atoms with van der Waals surface area (Å²) in [6, 6.07) is 13.2. The van der Waals surface area contributed by atoms with E-state index in [2.05, 4.69) is 10.6 Å². The monoisotopic (exact) mass is 362 g/mol. The number of urea groups is 1. The van der Waals surface area contributed by atoms with Crippen LogP contribution in [-0.4, -0.2) is 31.8 Å². The van der Waals surface area contributed by atoms with Crippen LogP contribution in [0.2, 0.25) is 0 Å². The zero-order valence-electron chi connectivity index (χ0n) is 14.1. The van der Waals surface area contributed by atoms with E-state index in [0.29, 0.717) is 6.54 Å². The zero-order valence-corrected chi connectivity index (χ0v) is 15.0. The van der Waals surface area contributed by atoms with E-state index in [1.165, 1.54) is 23.1 Å². The second kappa shape index (κ2) is 9.19. The lowest BCUT2D eigenvalue weighted by Crippen LogP contribution is -3.09. The fourth-order valence-corrected chi connectivity index (χ4v) is 2.72. The zero-order chi connectivity index (χ0) is 18.2. The van der Waals surface area contributed by atoms with Gasteiger partial charge in [0, 0.05) is 10.5 Å². The van der Waals surface area contributed by atoms with Crippen molar-refractivity contribution in [3.8, 4) is 0 Å². The third kappa shape index (κ3) is 6.21. The highest BCUT2D eigenvalue weighted by Gasteiger charge is 2.14. The van der Waals surface area contributed by atoms with Gasteiger partial charge >= 0.3 is 6.03 Å². The number of nitrogens with one attached hydrogen (secondary N) is 3. The number of carbonyl (C=O) groups excluding carboxylic acids is 2. The highest BCUT2D eigenvalue weighted by atomic mass is 32.2. The SMILES string of the molecule is CSc1ccc(C[NH+](C)CC(=O)NC(=O)Nc2ccccc2F)cc1. The highest BCUT2D eigenvalue weighted by Crippen LogP contribution is 2.14. The third-order valence-electron chi connectivity index (χ3n) is 3.50. The molecule has 0 aromatic heterocycles. The second-order valence-electron chi connectivity index (χ2n) is 5.64. The van der Waals surface area contributed by atoms with E-state index >= 15 is 0 Å². The van der Waals surface area contributed by atoms with Crippen LogP contribution in [0, 0.1) is 5.82 Å². The van der Waals surface area contributed by atoms with Crippen molar-refractivity contribution in [1.29, 1.82) is 0 Å². The molecule has 2 aromatic rings. The number of hydrogen-bond acceptors (Lipinski definition) is 3. The molecule has 5 nitrogen and oxygen atoms in total. The fourth-order valence-electron chi connectivity index (χ4n) is 2.32. The molecule has 0 heterocycles. The minimum absolute atomic E-state index is 0.0300. The molecule has 0 aliphatic carbocycles. The molecule has 0 radical (unpaired) electrons. The van der Waals surface area contributed by atoms with Crippen molar-refractivity contribution in [1.82, 2.24) is 5.32 Å². The number of thioether (sulfide) groups is 1. The summed E-state index contributed by atoms with van der Waals surface area (Å²) in [5.74, 6) is -0.978.